The second-order valence-corrected chi connectivity index (χ2v) is 4.21. The van der Waals surface area contributed by atoms with Crippen molar-refractivity contribution in [3.05, 3.63) is 30.1 Å². The first-order valence-electron chi connectivity index (χ1n) is 6.14. The van der Waals surface area contributed by atoms with Gasteiger partial charge in [-0.3, -0.25) is 9.48 Å². The maximum atomic E-state index is 11.7. The van der Waals surface area contributed by atoms with Gasteiger partial charge in [0.15, 0.2) is 0 Å². The maximum Gasteiger partial charge on any atom is 0.326 e. The van der Waals surface area contributed by atoms with Gasteiger partial charge in [-0.2, -0.15) is 5.10 Å². The van der Waals surface area contributed by atoms with Crippen molar-refractivity contribution in [2.75, 3.05) is 0 Å². The number of aromatic nitrogens is 2. The third-order valence-electron chi connectivity index (χ3n) is 2.77. The molecule has 1 heterocycles. The monoisotopic (exact) mass is 265 g/mol. The van der Waals surface area contributed by atoms with Crippen molar-refractivity contribution in [2.45, 2.75) is 32.2 Å². The van der Waals surface area contributed by atoms with Crippen LogP contribution in [0.15, 0.2) is 24.4 Å². The first-order valence-corrected chi connectivity index (χ1v) is 6.14. The summed E-state index contributed by atoms with van der Waals surface area (Å²) in [6, 6.07) is 0.970. The van der Waals surface area contributed by atoms with Crippen molar-refractivity contribution in [3.63, 3.8) is 0 Å². The van der Waals surface area contributed by atoms with Crippen LogP contribution in [0.3, 0.4) is 0 Å². The van der Waals surface area contributed by atoms with Gasteiger partial charge in [0.25, 0.3) is 0 Å². The van der Waals surface area contributed by atoms with E-state index in [0.29, 0.717) is 12.8 Å². The Hall–Kier alpha value is -2.11. The molecule has 1 atom stereocenters. The summed E-state index contributed by atoms with van der Waals surface area (Å²) in [5.74, 6) is -1.29. The average Bonchev–Trinajstić information content (AvgIpc) is 2.77. The minimum Gasteiger partial charge on any atom is -0.480 e. The predicted octanol–water partition coefficient (Wildman–Crippen LogP) is 0.888. The van der Waals surface area contributed by atoms with Crippen LogP contribution in [0.4, 0.5) is 0 Å². The summed E-state index contributed by atoms with van der Waals surface area (Å²) in [5.41, 5.74) is 0.940. The van der Waals surface area contributed by atoms with E-state index in [1.54, 1.807) is 30.1 Å². The number of nitrogens with one attached hydrogen (secondary N) is 1. The molecule has 1 aromatic rings. The van der Waals surface area contributed by atoms with E-state index in [1.807, 2.05) is 13.0 Å². The van der Waals surface area contributed by atoms with Crippen LogP contribution in [0.2, 0.25) is 0 Å². The van der Waals surface area contributed by atoms with Crippen LogP contribution < -0.4 is 5.32 Å². The second-order valence-electron chi connectivity index (χ2n) is 4.21. The fourth-order valence-corrected chi connectivity index (χ4v) is 1.65. The van der Waals surface area contributed by atoms with Crippen LogP contribution in [0, 0.1) is 0 Å². The molecule has 0 saturated heterocycles. The topological polar surface area (TPSA) is 84.2 Å². The number of nitrogens with zero attached hydrogens (tertiary/aromatic N) is 2. The van der Waals surface area contributed by atoms with Crippen LogP contribution in [-0.4, -0.2) is 32.8 Å². The quantitative estimate of drug-likeness (QED) is 0.717. The molecule has 19 heavy (non-hydrogen) atoms. The lowest BCUT2D eigenvalue weighted by Gasteiger charge is -2.12. The van der Waals surface area contributed by atoms with Crippen LogP contribution in [0.25, 0.3) is 0 Å². The van der Waals surface area contributed by atoms with Gasteiger partial charge < -0.3 is 10.4 Å². The fraction of sp³-hybridized carbons (Fsp3) is 0.462. The highest BCUT2D eigenvalue weighted by Crippen LogP contribution is 2.02. The van der Waals surface area contributed by atoms with E-state index in [4.69, 9.17) is 5.11 Å². The SMILES string of the molecule is C/C=C/CC(NC(=O)CCc1ccnn1C)C(=O)O. The molecule has 0 spiro atoms. The van der Waals surface area contributed by atoms with E-state index in [1.165, 1.54) is 0 Å². The van der Waals surface area contributed by atoms with Gasteiger partial charge in [0.1, 0.15) is 6.04 Å². The summed E-state index contributed by atoms with van der Waals surface area (Å²) in [7, 11) is 1.80. The zero-order valence-electron chi connectivity index (χ0n) is 11.2. The molecule has 0 fully saturated rings. The molecule has 1 aromatic heterocycles. The molecule has 1 amide bonds. The standard InChI is InChI=1S/C13H19N3O3/c1-3-4-5-11(13(18)19)15-12(17)7-6-10-8-9-14-16(10)2/h3-4,8-9,11H,5-7H2,1-2H3,(H,15,17)(H,18,19)/b4-3+. The highest BCUT2D eigenvalue weighted by molar-refractivity contribution is 5.83. The minimum atomic E-state index is -1.02. The summed E-state index contributed by atoms with van der Waals surface area (Å²) >= 11 is 0. The fourth-order valence-electron chi connectivity index (χ4n) is 1.65. The third kappa shape index (κ3) is 4.95. The zero-order valence-corrected chi connectivity index (χ0v) is 11.2. The molecule has 2 N–H and O–H groups in total. The number of carbonyl (C=O) groups is 2. The number of allylic oxidation sites excluding steroid dienone is 1. The van der Waals surface area contributed by atoms with Crippen molar-refractivity contribution >= 4 is 11.9 Å². The number of carboxylic acids is 1. The molecular weight excluding hydrogens is 246 g/mol. The van der Waals surface area contributed by atoms with E-state index in [2.05, 4.69) is 10.4 Å². The highest BCUT2D eigenvalue weighted by Gasteiger charge is 2.18. The summed E-state index contributed by atoms with van der Waals surface area (Å²) < 4.78 is 1.70. The first-order chi connectivity index (χ1) is 9.04. The van der Waals surface area contributed by atoms with Crippen molar-refractivity contribution in [1.82, 2.24) is 15.1 Å². The van der Waals surface area contributed by atoms with E-state index in [9.17, 15) is 9.59 Å². The Morgan fingerprint density at radius 3 is 2.84 bits per heavy atom. The van der Waals surface area contributed by atoms with Crippen molar-refractivity contribution in [3.8, 4) is 0 Å². The average molecular weight is 265 g/mol. The lowest BCUT2D eigenvalue weighted by molar-refractivity contribution is -0.141. The van der Waals surface area contributed by atoms with Crippen LogP contribution in [-0.2, 0) is 23.1 Å². The second kappa shape index (κ2) is 7.35. The maximum absolute atomic E-state index is 11.7. The van der Waals surface area contributed by atoms with E-state index < -0.39 is 12.0 Å². The number of hydrogen-bond acceptors (Lipinski definition) is 3. The molecule has 0 radical (unpaired) electrons. The molecular formula is C13H19N3O3. The lowest BCUT2D eigenvalue weighted by atomic mass is 10.1. The summed E-state index contributed by atoms with van der Waals surface area (Å²) in [5, 5.41) is 15.5. The van der Waals surface area contributed by atoms with Gasteiger partial charge in [0, 0.05) is 25.4 Å². The van der Waals surface area contributed by atoms with E-state index >= 15 is 0 Å². The van der Waals surface area contributed by atoms with Gasteiger partial charge >= 0.3 is 5.97 Å². The summed E-state index contributed by atoms with van der Waals surface area (Å²) in [6.45, 7) is 1.81. The summed E-state index contributed by atoms with van der Waals surface area (Å²) in [6.07, 6.45) is 6.23. The molecule has 0 aromatic carbocycles. The molecule has 104 valence electrons. The molecule has 0 bridgehead atoms. The van der Waals surface area contributed by atoms with Crippen LogP contribution in [0.1, 0.15) is 25.5 Å². The molecule has 0 saturated carbocycles. The number of aliphatic carboxylic acids is 1. The normalized spacial score (nSPS) is 12.5. The number of rotatable bonds is 7. The Labute approximate surface area is 112 Å². The van der Waals surface area contributed by atoms with Crippen molar-refractivity contribution in [1.29, 1.82) is 0 Å². The molecule has 6 heteroatoms. The Kier molecular flexibility index (Phi) is 5.78. The first kappa shape index (κ1) is 14.9. The summed E-state index contributed by atoms with van der Waals surface area (Å²) in [4.78, 5) is 22.7. The van der Waals surface area contributed by atoms with Crippen molar-refractivity contribution in [2.24, 2.45) is 7.05 Å². The van der Waals surface area contributed by atoms with Crippen LogP contribution >= 0.6 is 0 Å². The molecule has 1 unspecified atom stereocenters. The van der Waals surface area contributed by atoms with E-state index in [-0.39, 0.29) is 12.3 Å². The van der Waals surface area contributed by atoms with Gasteiger partial charge in [-0.25, -0.2) is 4.79 Å². The van der Waals surface area contributed by atoms with Crippen molar-refractivity contribution < 1.29 is 14.7 Å². The zero-order chi connectivity index (χ0) is 14.3. The van der Waals surface area contributed by atoms with Gasteiger partial charge in [-0.05, 0) is 25.8 Å². The number of carbonyl (C=O) groups excluding carboxylic acids is 1. The molecule has 0 aliphatic rings. The number of hydrogen-bond donors (Lipinski definition) is 2. The Balaban J connectivity index is 2.44. The van der Waals surface area contributed by atoms with Gasteiger partial charge in [-0.15, -0.1) is 0 Å². The largest absolute Gasteiger partial charge is 0.480 e. The lowest BCUT2D eigenvalue weighted by Crippen LogP contribution is -2.40. The van der Waals surface area contributed by atoms with E-state index in [0.717, 1.165) is 5.69 Å². The third-order valence-corrected chi connectivity index (χ3v) is 2.77. The van der Waals surface area contributed by atoms with Crippen LogP contribution in [0.5, 0.6) is 0 Å². The minimum absolute atomic E-state index is 0.249. The Morgan fingerprint density at radius 1 is 1.58 bits per heavy atom. The van der Waals surface area contributed by atoms with Gasteiger partial charge in [-0.1, -0.05) is 12.2 Å². The molecule has 1 rings (SSSR count). The highest BCUT2D eigenvalue weighted by atomic mass is 16.4. The molecule has 6 nitrogen and oxygen atoms in total. The Bertz CT molecular complexity index is 465. The smallest absolute Gasteiger partial charge is 0.326 e. The molecule has 0 aliphatic carbocycles. The number of carboxylic acid groups (broad SMARTS) is 1. The number of aryl methyl sites for hydroxylation is 2. The van der Waals surface area contributed by atoms with Gasteiger partial charge in [0.2, 0.25) is 5.91 Å². The predicted molar refractivity (Wildman–Crippen MR) is 70.5 cm³/mol. The number of amides is 1. The Morgan fingerprint density at radius 2 is 2.32 bits per heavy atom. The molecule has 0 aliphatic heterocycles. The van der Waals surface area contributed by atoms with Gasteiger partial charge in [0.05, 0.1) is 0 Å².